The lowest BCUT2D eigenvalue weighted by molar-refractivity contribution is -0.116. The zero-order valence-electron chi connectivity index (χ0n) is 14.9. The van der Waals surface area contributed by atoms with Gasteiger partial charge in [-0.25, -0.2) is 0 Å². The number of nitrogens with zero attached hydrogens (tertiary/aromatic N) is 2. The number of hydrogen-bond acceptors (Lipinski definition) is 4. The summed E-state index contributed by atoms with van der Waals surface area (Å²) < 4.78 is 0. The summed E-state index contributed by atoms with van der Waals surface area (Å²) in [6.07, 6.45) is 13.0. The van der Waals surface area contributed by atoms with Crippen molar-refractivity contribution >= 4 is 22.2 Å². The summed E-state index contributed by atoms with van der Waals surface area (Å²) in [7, 11) is 0. The summed E-state index contributed by atoms with van der Waals surface area (Å²) in [5, 5.41) is 13.3. The van der Waals surface area contributed by atoms with Crippen molar-refractivity contribution in [2.45, 2.75) is 82.7 Å². The Morgan fingerprint density at radius 3 is 2.60 bits per heavy atom. The molecule has 0 bridgehead atoms. The second kappa shape index (κ2) is 7.47. The highest BCUT2D eigenvalue weighted by molar-refractivity contribution is 7.16. The lowest BCUT2D eigenvalue weighted by Crippen LogP contribution is -2.40. The van der Waals surface area contributed by atoms with Crippen molar-refractivity contribution in [3.63, 3.8) is 0 Å². The quantitative estimate of drug-likeness (QED) is 0.829. The number of hydrogen-bond donors (Lipinski definition) is 1. The normalized spacial score (nSPS) is 20.5. The summed E-state index contributed by atoms with van der Waals surface area (Å²) in [5.41, 5.74) is 1.90. The number of anilines is 1. The first kappa shape index (κ1) is 17.1. The molecule has 134 valence electrons. The van der Waals surface area contributed by atoms with Gasteiger partial charge in [-0.1, -0.05) is 19.3 Å². The van der Waals surface area contributed by atoms with Crippen LogP contribution in [0.4, 0.5) is 5.00 Å². The van der Waals surface area contributed by atoms with Crippen molar-refractivity contribution < 1.29 is 4.79 Å². The first-order valence-electron chi connectivity index (χ1n) is 9.86. The summed E-state index contributed by atoms with van der Waals surface area (Å²) in [6.45, 7) is 0.869. The van der Waals surface area contributed by atoms with Gasteiger partial charge in [-0.05, 0) is 50.5 Å². The Balaban J connectivity index is 1.35. The van der Waals surface area contributed by atoms with Gasteiger partial charge in [-0.3, -0.25) is 9.69 Å². The maximum atomic E-state index is 12.5. The van der Waals surface area contributed by atoms with Gasteiger partial charge in [0.2, 0.25) is 5.91 Å². The first-order valence-corrected chi connectivity index (χ1v) is 10.7. The molecular formula is C20H27N3OS. The van der Waals surface area contributed by atoms with E-state index in [1.807, 2.05) is 0 Å². The highest BCUT2D eigenvalue weighted by atomic mass is 32.1. The number of nitrogens with one attached hydrogen (secondary N) is 1. The van der Waals surface area contributed by atoms with Crippen LogP contribution in [0.5, 0.6) is 0 Å². The molecule has 5 heteroatoms. The lowest BCUT2D eigenvalue weighted by atomic mass is 9.94. The molecule has 4 rings (SSSR count). The summed E-state index contributed by atoms with van der Waals surface area (Å²) in [6, 6.07) is 3.72. The third kappa shape index (κ3) is 3.75. The summed E-state index contributed by atoms with van der Waals surface area (Å²) >= 11 is 1.61. The van der Waals surface area contributed by atoms with E-state index in [0.717, 1.165) is 42.4 Å². The Morgan fingerprint density at radius 1 is 1.12 bits per heavy atom. The lowest BCUT2D eigenvalue weighted by Gasteiger charge is -2.34. The molecule has 0 aliphatic heterocycles. The van der Waals surface area contributed by atoms with E-state index < -0.39 is 0 Å². The van der Waals surface area contributed by atoms with E-state index in [2.05, 4.69) is 16.3 Å². The minimum atomic E-state index is 0.0675. The van der Waals surface area contributed by atoms with Crippen LogP contribution in [0.2, 0.25) is 0 Å². The maximum Gasteiger partial charge on any atom is 0.226 e. The Labute approximate surface area is 154 Å². The molecule has 2 fully saturated rings. The average molecular weight is 358 g/mol. The second-order valence-corrected chi connectivity index (χ2v) is 8.84. The highest BCUT2D eigenvalue weighted by Gasteiger charge is 2.34. The van der Waals surface area contributed by atoms with Crippen molar-refractivity contribution in [1.29, 1.82) is 5.26 Å². The van der Waals surface area contributed by atoms with Crippen LogP contribution in [0.15, 0.2) is 0 Å². The number of carbonyl (C=O) groups excluding carboxylic acids is 1. The number of rotatable bonds is 6. The van der Waals surface area contributed by atoms with Crippen LogP contribution in [-0.2, 0) is 17.6 Å². The fourth-order valence-corrected chi connectivity index (χ4v) is 5.77. The molecule has 0 aromatic carbocycles. The molecule has 3 aliphatic rings. The number of aryl methyl sites for hydroxylation is 1. The molecule has 2 saturated carbocycles. The van der Waals surface area contributed by atoms with Crippen LogP contribution in [0.3, 0.4) is 0 Å². The maximum absolute atomic E-state index is 12.5. The predicted octanol–water partition coefficient (Wildman–Crippen LogP) is 4.23. The van der Waals surface area contributed by atoms with Crippen LogP contribution < -0.4 is 5.32 Å². The summed E-state index contributed by atoms with van der Waals surface area (Å²) in [5.74, 6) is 0.0675. The van der Waals surface area contributed by atoms with Crippen molar-refractivity contribution in [3.05, 3.63) is 16.0 Å². The predicted molar refractivity (Wildman–Crippen MR) is 101 cm³/mol. The average Bonchev–Trinajstić information content (AvgIpc) is 3.26. The second-order valence-electron chi connectivity index (χ2n) is 7.73. The molecule has 1 aromatic heterocycles. The van der Waals surface area contributed by atoms with Gasteiger partial charge in [0.1, 0.15) is 11.1 Å². The van der Waals surface area contributed by atoms with Gasteiger partial charge in [-0.15, -0.1) is 11.3 Å². The van der Waals surface area contributed by atoms with Gasteiger partial charge in [-0.2, -0.15) is 5.26 Å². The van der Waals surface area contributed by atoms with E-state index in [4.69, 9.17) is 0 Å². The van der Waals surface area contributed by atoms with Crippen LogP contribution in [0, 0.1) is 11.3 Å². The van der Waals surface area contributed by atoms with Crippen molar-refractivity contribution in [1.82, 2.24) is 4.90 Å². The van der Waals surface area contributed by atoms with E-state index >= 15 is 0 Å². The molecule has 0 spiro atoms. The number of amides is 1. The van der Waals surface area contributed by atoms with Gasteiger partial charge in [0.15, 0.2) is 0 Å². The van der Waals surface area contributed by atoms with E-state index in [-0.39, 0.29) is 5.91 Å². The number of fused-ring (bicyclic) bond motifs is 1. The zero-order chi connectivity index (χ0) is 17.2. The number of nitriles is 1. The van der Waals surface area contributed by atoms with Gasteiger partial charge in [0.25, 0.3) is 0 Å². The summed E-state index contributed by atoms with van der Waals surface area (Å²) in [4.78, 5) is 16.4. The Kier molecular flexibility index (Phi) is 5.10. The third-order valence-corrected chi connectivity index (χ3v) is 7.15. The van der Waals surface area contributed by atoms with E-state index in [0.29, 0.717) is 12.5 Å². The van der Waals surface area contributed by atoms with Crippen molar-refractivity contribution in [3.8, 4) is 6.07 Å². The molecule has 1 N–H and O–H groups in total. The molecule has 3 aliphatic carbocycles. The monoisotopic (exact) mass is 357 g/mol. The minimum absolute atomic E-state index is 0.0675. The minimum Gasteiger partial charge on any atom is -0.317 e. The van der Waals surface area contributed by atoms with Crippen LogP contribution >= 0.6 is 11.3 Å². The molecular weight excluding hydrogens is 330 g/mol. The van der Waals surface area contributed by atoms with Crippen LogP contribution in [-0.4, -0.2) is 29.4 Å². The SMILES string of the molecule is N#Cc1c(NC(=O)CCN(C2CCCCC2)C2CC2)sc2c1CCC2. The molecule has 0 saturated heterocycles. The molecule has 4 nitrogen and oxygen atoms in total. The van der Waals surface area contributed by atoms with Crippen molar-refractivity contribution in [2.75, 3.05) is 11.9 Å². The standard InChI is InChI=1S/C20H27N3OS/c21-13-17-16-7-4-8-18(16)25-20(17)22-19(24)11-12-23(15-9-10-15)14-5-2-1-3-6-14/h14-15H,1-12H2,(H,22,24). The fraction of sp³-hybridized carbons (Fsp3) is 0.700. The zero-order valence-corrected chi connectivity index (χ0v) is 15.7. The number of thiophene rings is 1. The molecule has 1 amide bonds. The molecule has 0 radical (unpaired) electrons. The Morgan fingerprint density at radius 2 is 1.88 bits per heavy atom. The Hall–Kier alpha value is -1.38. The van der Waals surface area contributed by atoms with E-state index in [1.54, 1.807) is 11.3 Å². The Bertz CT molecular complexity index is 680. The topological polar surface area (TPSA) is 56.1 Å². The molecule has 0 atom stereocenters. The number of carbonyl (C=O) groups is 1. The molecule has 1 aromatic rings. The van der Waals surface area contributed by atoms with Gasteiger partial charge >= 0.3 is 0 Å². The van der Waals surface area contributed by atoms with Gasteiger partial charge in [0.05, 0.1) is 5.56 Å². The smallest absolute Gasteiger partial charge is 0.226 e. The van der Waals surface area contributed by atoms with Crippen molar-refractivity contribution in [2.24, 2.45) is 0 Å². The molecule has 1 heterocycles. The molecule has 25 heavy (non-hydrogen) atoms. The van der Waals surface area contributed by atoms with Crippen LogP contribution in [0.1, 0.15) is 73.8 Å². The molecule has 0 unspecified atom stereocenters. The largest absolute Gasteiger partial charge is 0.317 e. The van der Waals surface area contributed by atoms with E-state index in [1.165, 1.54) is 55.4 Å². The fourth-order valence-electron chi connectivity index (χ4n) is 4.51. The van der Waals surface area contributed by atoms with Gasteiger partial charge in [0, 0.05) is 29.9 Å². The highest BCUT2D eigenvalue weighted by Crippen LogP contribution is 2.39. The third-order valence-electron chi connectivity index (χ3n) is 5.94. The van der Waals surface area contributed by atoms with Gasteiger partial charge < -0.3 is 5.32 Å². The van der Waals surface area contributed by atoms with Crippen LogP contribution in [0.25, 0.3) is 0 Å². The van der Waals surface area contributed by atoms with E-state index in [9.17, 15) is 10.1 Å². The first-order chi connectivity index (χ1) is 12.3.